The Morgan fingerprint density at radius 1 is 1.24 bits per heavy atom. The van der Waals surface area contributed by atoms with Gasteiger partial charge in [-0.05, 0) is 24.6 Å². The molecule has 1 aromatic heterocycles. The second-order valence-corrected chi connectivity index (χ2v) is 5.04. The molecule has 4 nitrogen and oxygen atoms in total. The molecule has 0 aliphatic carbocycles. The van der Waals surface area contributed by atoms with Gasteiger partial charge in [-0.25, -0.2) is 4.98 Å². The third kappa shape index (κ3) is 4.26. The summed E-state index contributed by atoms with van der Waals surface area (Å²) in [6.07, 6.45) is 2.85. The lowest BCUT2D eigenvalue weighted by atomic mass is 10.2. The standard InChI is InChI=1S/C16H20ClN3O/c1-3-8-18-16-10-12(7-9-19-16)20-11-13-14(17)5-4-6-15(13)21-2/h4-7,9-10H,3,8,11H2,1-2H3,(H2,18,19,20). The maximum absolute atomic E-state index is 6.23. The number of halogens is 1. The predicted octanol–water partition coefficient (Wildman–Crippen LogP) is 4.18. The summed E-state index contributed by atoms with van der Waals surface area (Å²) in [4.78, 5) is 4.28. The van der Waals surface area contributed by atoms with Gasteiger partial charge in [-0.1, -0.05) is 24.6 Å². The molecule has 0 aliphatic rings. The van der Waals surface area contributed by atoms with Crippen LogP contribution in [0.3, 0.4) is 0 Å². The fourth-order valence-electron chi connectivity index (χ4n) is 1.98. The van der Waals surface area contributed by atoms with E-state index in [0.29, 0.717) is 11.6 Å². The van der Waals surface area contributed by atoms with Gasteiger partial charge in [0.25, 0.3) is 0 Å². The van der Waals surface area contributed by atoms with Crippen LogP contribution in [-0.2, 0) is 6.54 Å². The molecule has 0 amide bonds. The fraction of sp³-hybridized carbons (Fsp3) is 0.312. The first-order chi connectivity index (χ1) is 10.2. The van der Waals surface area contributed by atoms with Gasteiger partial charge in [0.1, 0.15) is 11.6 Å². The van der Waals surface area contributed by atoms with Crippen LogP contribution < -0.4 is 15.4 Å². The van der Waals surface area contributed by atoms with E-state index < -0.39 is 0 Å². The van der Waals surface area contributed by atoms with E-state index in [0.717, 1.165) is 35.8 Å². The van der Waals surface area contributed by atoms with E-state index in [4.69, 9.17) is 16.3 Å². The molecule has 1 heterocycles. The second kappa shape index (κ2) is 7.74. The SMILES string of the molecule is CCCNc1cc(NCc2c(Cl)cccc2OC)ccn1. The summed E-state index contributed by atoms with van der Waals surface area (Å²) in [6, 6.07) is 9.56. The van der Waals surface area contributed by atoms with Crippen LogP contribution >= 0.6 is 11.6 Å². The number of benzene rings is 1. The van der Waals surface area contributed by atoms with Gasteiger partial charge in [0.15, 0.2) is 0 Å². The summed E-state index contributed by atoms with van der Waals surface area (Å²) in [5.74, 6) is 1.65. The Kier molecular flexibility index (Phi) is 5.69. The average molecular weight is 306 g/mol. The summed E-state index contributed by atoms with van der Waals surface area (Å²) < 4.78 is 5.34. The van der Waals surface area contributed by atoms with E-state index in [1.807, 2.05) is 30.3 Å². The first-order valence-electron chi connectivity index (χ1n) is 6.99. The third-order valence-corrected chi connectivity index (χ3v) is 3.44. The van der Waals surface area contributed by atoms with E-state index >= 15 is 0 Å². The molecule has 2 aromatic rings. The molecule has 2 rings (SSSR count). The van der Waals surface area contributed by atoms with Gasteiger partial charge in [0.2, 0.25) is 0 Å². The maximum Gasteiger partial charge on any atom is 0.127 e. The Labute approximate surface area is 130 Å². The predicted molar refractivity (Wildman–Crippen MR) is 88.3 cm³/mol. The monoisotopic (exact) mass is 305 g/mol. The van der Waals surface area contributed by atoms with E-state index in [9.17, 15) is 0 Å². The number of methoxy groups -OCH3 is 1. The van der Waals surface area contributed by atoms with Gasteiger partial charge in [-0.2, -0.15) is 0 Å². The third-order valence-electron chi connectivity index (χ3n) is 3.08. The zero-order chi connectivity index (χ0) is 15.1. The van der Waals surface area contributed by atoms with E-state index in [-0.39, 0.29) is 0 Å². The highest BCUT2D eigenvalue weighted by Gasteiger charge is 2.07. The molecule has 5 heteroatoms. The lowest BCUT2D eigenvalue weighted by Crippen LogP contribution is -2.05. The largest absolute Gasteiger partial charge is 0.496 e. The Morgan fingerprint density at radius 2 is 2.10 bits per heavy atom. The van der Waals surface area contributed by atoms with Crippen molar-refractivity contribution in [2.24, 2.45) is 0 Å². The number of hydrogen-bond donors (Lipinski definition) is 2. The number of nitrogens with one attached hydrogen (secondary N) is 2. The van der Waals surface area contributed by atoms with Gasteiger partial charge in [0, 0.05) is 41.6 Å². The molecule has 0 spiro atoms. The van der Waals surface area contributed by atoms with E-state index in [1.54, 1.807) is 13.3 Å². The molecule has 0 saturated heterocycles. The zero-order valence-corrected chi connectivity index (χ0v) is 13.1. The fourth-order valence-corrected chi connectivity index (χ4v) is 2.22. The van der Waals surface area contributed by atoms with Crippen molar-refractivity contribution in [2.45, 2.75) is 19.9 Å². The van der Waals surface area contributed by atoms with Crippen LogP contribution in [0.25, 0.3) is 0 Å². The van der Waals surface area contributed by atoms with Crippen LogP contribution in [0.5, 0.6) is 5.75 Å². The van der Waals surface area contributed by atoms with Crippen LogP contribution in [-0.4, -0.2) is 18.6 Å². The van der Waals surface area contributed by atoms with Crippen molar-refractivity contribution in [2.75, 3.05) is 24.3 Å². The lowest BCUT2D eigenvalue weighted by molar-refractivity contribution is 0.410. The van der Waals surface area contributed by atoms with Crippen LogP contribution in [0.1, 0.15) is 18.9 Å². The number of aromatic nitrogens is 1. The minimum Gasteiger partial charge on any atom is -0.496 e. The van der Waals surface area contributed by atoms with Crippen molar-refractivity contribution in [1.82, 2.24) is 4.98 Å². The Bertz CT molecular complexity index is 589. The van der Waals surface area contributed by atoms with Gasteiger partial charge >= 0.3 is 0 Å². The maximum atomic E-state index is 6.23. The summed E-state index contributed by atoms with van der Waals surface area (Å²) in [6.45, 7) is 3.63. The van der Waals surface area contributed by atoms with Crippen LogP contribution in [0, 0.1) is 0 Å². The van der Waals surface area contributed by atoms with Gasteiger partial charge in [-0.3, -0.25) is 0 Å². The number of nitrogens with zero attached hydrogens (tertiary/aromatic N) is 1. The Hall–Kier alpha value is -1.94. The molecular weight excluding hydrogens is 286 g/mol. The average Bonchev–Trinajstić information content (AvgIpc) is 2.52. The number of ether oxygens (including phenoxy) is 1. The summed E-state index contributed by atoms with van der Waals surface area (Å²) in [7, 11) is 1.65. The summed E-state index contributed by atoms with van der Waals surface area (Å²) in [5.41, 5.74) is 1.94. The first kappa shape index (κ1) is 15.4. The molecule has 0 saturated carbocycles. The highest BCUT2D eigenvalue weighted by atomic mass is 35.5. The molecule has 0 bridgehead atoms. The van der Waals surface area contributed by atoms with Crippen molar-refractivity contribution in [3.8, 4) is 5.75 Å². The lowest BCUT2D eigenvalue weighted by Gasteiger charge is -2.13. The molecule has 0 atom stereocenters. The normalized spacial score (nSPS) is 10.2. The van der Waals surface area contributed by atoms with Crippen LogP contribution in [0.15, 0.2) is 36.5 Å². The highest BCUT2D eigenvalue weighted by Crippen LogP contribution is 2.27. The van der Waals surface area contributed by atoms with E-state index in [2.05, 4.69) is 22.5 Å². The number of pyridine rings is 1. The second-order valence-electron chi connectivity index (χ2n) is 4.63. The highest BCUT2D eigenvalue weighted by molar-refractivity contribution is 6.31. The van der Waals surface area contributed by atoms with Crippen molar-refractivity contribution in [1.29, 1.82) is 0 Å². The summed E-state index contributed by atoms with van der Waals surface area (Å²) >= 11 is 6.23. The first-order valence-corrected chi connectivity index (χ1v) is 7.37. The molecule has 112 valence electrons. The smallest absolute Gasteiger partial charge is 0.127 e. The van der Waals surface area contributed by atoms with E-state index in [1.165, 1.54) is 0 Å². The molecule has 0 fully saturated rings. The van der Waals surface area contributed by atoms with Gasteiger partial charge < -0.3 is 15.4 Å². The molecule has 0 aliphatic heterocycles. The number of rotatable bonds is 7. The van der Waals surface area contributed by atoms with Crippen LogP contribution in [0.2, 0.25) is 5.02 Å². The van der Waals surface area contributed by atoms with Crippen LogP contribution in [0.4, 0.5) is 11.5 Å². The van der Waals surface area contributed by atoms with Crippen molar-refractivity contribution in [3.05, 3.63) is 47.1 Å². The molecule has 1 aromatic carbocycles. The van der Waals surface area contributed by atoms with Crippen molar-refractivity contribution in [3.63, 3.8) is 0 Å². The molecule has 2 N–H and O–H groups in total. The Balaban J connectivity index is 2.06. The van der Waals surface area contributed by atoms with Crippen molar-refractivity contribution >= 4 is 23.1 Å². The van der Waals surface area contributed by atoms with Gasteiger partial charge in [-0.15, -0.1) is 0 Å². The number of anilines is 2. The van der Waals surface area contributed by atoms with Gasteiger partial charge in [0.05, 0.1) is 7.11 Å². The minimum absolute atomic E-state index is 0.597. The molecule has 21 heavy (non-hydrogen) atoms. The molecule has 0 radical (unpaired) electrons. The number of hydrogen-bond acceptors (Lipinski definition) is 4. The quantitative estimate of drug-likeness (QED) is 0.805. The Morgan fingerprint density at radius 3 is 2.86 bits per heavy atom. The molecule has 0 unspecified atom stereocenters. The molecular formula is C16H20ClN3O. The minimum atomic E-state index is 0.597. The zero-order valence-electron chi connectivity index (χ0n) is 12.3. The van der Waals surface area contributed by atoms with Crippen molar-refractivity contribution < 1.29 is 4.74 Å². The summed E-state index contributed by atoms with van der Waals surface area (Å²) in [5, 5.41) is 7.31. The topological polar surface area (TPSA) is 46.2 Å².